The van der Waals surface area contributed by atoms with Crippen LogP contribution in [0.1, 0.15) is 16.8 Å². The lowest BCUT2D eigenvalue weighted by molar-refractivity contribution is 0.0601. The van der Waals surface area contributed by atoms with Gasteiger partial charge in [-0.05, 0) is 19.4 Å². The van der Waals surface area contributed by atoms with E-state index < -0.39 is 13.1 Å². The first-order valence-electron chi connectivity index (χ1n) is 6.54. The van der Waals surface area contributed by atoms with Crippen molar-refractivity contribution in [3.63, 3.8) is 0 Å². The van der Waals surface area contributed by atoms with Crippen LogP contribution >= 0.6 is 18.7 Å². The molecule has 1 unspecified atom stereocenters. The first-order chi connectivity index (χ1) is 9.82. The van der Waals surface area contributed by atoms with Crippen LogP contribution in [0.3, 0.4) is 0 Å². The minimum atomic E-state index is -2.64. The summed E-state index contributed by atoms with van der Waals surface area (Å²) in [7, 11) is -1.37. The van der Waals surface area contributed by atoms with Crippen LogP contribution in [0.15, 0.2) is 12.1 Å². The fourth-order valence-corrected chi connectivity index (χ4v) is 3.43. The lowest BCUT2D eigenvalue weighted by atomic mass is 10.2. The summed E-state index contributed by atoms with van der Waals surface area (Å²) in [5.74, 6) is -0.123. The summed E-state index contributed by atoms with van der Waals surface area (Å²) in [5, 5.41) is 0.701. The fourth-order valence-electron chi connectivity index (χ4n) is 2.11. The highest BCUT2D eigenvalue weighted by molar-refractivity contribution is 7.70. The van der Waals surface area contributed by atoms with Crippen LogP contribution < -0.4 is 10.0 Å². The van der Waals surface area contributed by atoms with Gasteiger partial charge in [0.2, 0.25) is 0 Å². The van der Waals surface area contributed by atoms with Gasteiger partial charge in [0.15, 0.2) is 0 Å². The van der Waals surface area contributed by atoms with Gasteiger partial charge in [-0.25, -0.2) is 4.79 Å². The number of hydrogen-bond acceptors (Lipinski definition) is 5. The van der Waals surface area contributed by atoms with Crippen molar-refractivity contribution >= 4 is 30.0 Å². The van der Waals surface area contributed by atoms with Crippen molar-refractivity contribution in [1.29, 1.82) is 0 Å². The third-order valence-corrected chi connectivity index (χ3v) is 5.04. The van der Waals surface area contributed by atoms with Gasteiger partial charge in [0.25, 0.3) is 0 Å². The highest BCUT2D eigenvalue weighted by Gasteiger charge is 2.26. The molecule has 116 valence electrons. The molecular formula is C14H18ClO5P. The summed E-state index contributed by atoms with van der Waals surface area (Å²) >= 11 is 6.11. The van der Waals surface area contributed by atoms with E-state index >= 15 is 0 Å². The third-order valence-electron chi connectivity index (χ3n) is 3.22. The Labute approximate surface area is 128 Å². The standard InChI is InChI=1S/C14H18ClO5P/c1-18-14(16)10-6-13(21(2,3)17)12(7-11(10)15)20-9-4-5-19-8-9/h6-7,9H,4-5,8H2,1-3H3. The average Bonchev–Trinajstić information content (AvgIpc) is 2.89. The van der Waals surface area contributed by atoms with Crippen LogP contribution in [0, 0.1) is 0 Å². The number of esters is 1. The van der Waals surface area contributed by atoms with Gasteiger partial charge >= 0.3 is 5.97 Å². The zero-order chi connectivity index (χ0) is 15.6. The lowest BCUT2D eigenvalue weighted by Crippen LogP contribution is -2.21. The number of ether oxygens (including phenoxy) is 3. The van der Waals surface area contributed by atoms with Gasteiger partial charge in [0.05, 0.1) is 36.2 Å². The second-order valence-corrected chi connectivity index (χ2v) is 8.84. The second kappa shape index (κ2) is 6.39. The Bertz CT molecular complexity index is 589. The average molecular weight is 333 g/mol. The van der Waals surface area contributed by atoms with E-state index in [1.807, 2.05) is 0 Å². The molecule has 7 heteroatoms. The summed E-state index contributed by atoms with van der Waals surface area (Å²) in [4.78, 5) is 11.7. The van der Waals surface area contributed by atoms with Crippen LogP contribution in [0.25, 0.3) is 0 Å². The highest BCUT2D eigenvalue weighted by Crippen LogP contribution is 2.41. The van der Waals surface area contributed by atoms with Gasteiger partial charge in [0, 0.05) is 12.5 Å². The van der Waals surface area contributed by atoms with E-state index in [-0.39, 0.29) is 16.7 Å². The minimum absolute atomic E-state index is 0.0876. The molecule has 1 atom stereocenters. The molecule has 0 aliphatic carbocycles. The van der Waals surface area contributed by atoms with Gasteiger partial charge in [-0.15, -0.1) is 0 Å². The van der Waals surface area contributed by atoms with Crippen molar-refractivity contribution in [2.75, 3.05) is 33.7 Å². The van der Waals surface area contributed by atoms with E-state index in [4.69, 9.17) is 21.1 Å². The number of rotatable bonds is 4. The Hall–Kier alpha value is -1.03. The van der Waals surface area contributed by atoms with Gasteiger partial charge in [-0.3, -0.25) is 0 Å². The number of methoxy groups -OCH3 is 1. The van der Waals surface area contributed by atoms with Crippen LogP contribution in [0.2, 0.25) is 5.02 Å². The number of halogens is 1. The summed E-state index contributed by atoms with van der Waals surface area (Å²) in [6, 6.07) is 3.03. The van der Waals surface area contributed by atoms with Gasteiger partial charge in [-0.1, -0.05) is 11.6 Å². The first kappa shape index (κ1) is 16.3. The predicted molar refractivity (Wildman–Crippen MR) is 81.7 cm³/mol. The largest absolute Gasteiger partial charge is 0.487 e. The number of benzene rings is 1. The Kier molecular flexibility index (Phi) is 4.97. The number of carbonyl (C=O) groups is 1. The molecule has 2 rings (SSSR count). The molecular weight excluding hydrogens is 315 g/mol. The quantitative estimate of drug-likeness (QED) is 0.626. The third kappa shape index (κ3) is 3.79. The smallest absolute Gasteiger partial charge is 0.339 e. The predicted octanol–water partition coefficient (Wildman–Crippen LogP) is 2.54. The molecule has 1 aromatic carbocycles. The van der Waals surface area contributed by atoms with Crippen molar-refractivity contribution in [2.45, 2.75) is 12.5 Å². The normalized spacial score (nSPS) is 18.6. The van der Waals surface area contributed by atoms with E-state index in [9.17, 15) is 9.36 Å². The molecule has 1 aromatic rings. The van der Waals surface area contributed by atoms with Gasteiger partial charge < -0.3 is 18.8 Å². The van der Waals surface area contributed by atoms with Crippen molar-refractivity contribution in [1.82, 2.24) is 0 Å². The Morgan fingerprint density at radius 2 is 2.14 bits per heavy atom. The van der Waals surface area contributed by atoms with Crippen LogP contribution in [-0.4, -0.2) is 45.7 Å². The van der Waals surface area contributed by atoms with Crippen molar-refractivity contribution in [3.8, 4) is 5.75 Å². The van der Waals surface area contributed by atoms with Crippen molar-refractivity contribution in [2.24, 2.45) is 0 Å². The molecule has 0 spiro atoms. The molecule has 5 nitrogen and oxygen atoms in total. The molecule has 0 aromatic heterocycles. The van der Waals surface area contributed by atoms with E-state index in [1.165, 1.54) is 19.2 Å². The second-order valence-electron chi connectivity index (χ2n) is 5.25. The maximum atomic E-state index is 12.5. The molecule has 1 saturated heterocycles. The van der Waals surface area contributed by atoms with E-state index in [2.05, 4.69) is 4.74 Å². The molecule has 0 saturated carbocycles. The maximum absolute atomic E-state index is 12.5. The van der Waals surface area contributed by atoms with E-state index in [1.54, 1.807) is 13.3 Å². The maximum Gasteiger partial charge on any atom is 0.339 e. The molecule has 0 amide bonds. The summed E-state index contributed by atoms with van der Waals surface area (Å²) in [6.45, 7) is 4.38. The molecule has 1 aliphatic rings. The molecule has 21 heavy (non-hydrogen) atoms. The Morgan fingerprint density at radius 3 is 2.67 bits per heavy atom. The van der Waals surface area contributed by atoms with Crippen LogP contribution in [-0.2, 0) is 14.0 Å². The number of carbonyl (C=O) groups excluding carboxylic acids is 1. The first-order valence-corrected chi connectivity index (χ1v) is 9.52. The highest BCUT2D eigenvalue weighted by atomic mass is 35.5. The molecule has 0 bridgehead atoms. The van der Waals surface area contributed by atoms with Crippen LogP contribution in [0.5, 0.6) is 5.75 Å². The van der Waals surface area contributed by atoms with E-state index in [0.717, 1.165) is 6.42 Å². The van der Waals surface area contributed by atoms with Crippen molar-refractivity contribution in [3.05, 3.63) is 22.7 Å². The van der Waals surface area contributed by atoms with Crippen molar-refractivity contribution < 1.29 is 23.6 Å². The molecule has 1 heterocycles. The van der Waals surface area contributed by atoms with Gasteiger partial charge in [0.1, 0.15) is 19.0 Å². The topological polar surface area (TPSA) is 61.8 Å². The Morgan fingerprint density at radius 1 is 1.43 bits per heavy atom. The SMILES string of the molecule is COC(=O)c1cc(P(C)(C)=O)c(OC2CCOC2)cc1Cl. The fraction of sp³-hybridized carbons (Fsp3) is 0.500. The molecule has 1 aliphatic heterocycles. The molecule has 0 radical (unpaired) electrons. The molecule has 1 fully saturated rings. The van der Waals surface area contributed by atoms with E-state index in [0.29, 0.717) is 24.3 Å². The summed E-state index contributed by atoms with van der Waals surface area (Å²) in [5.41, 5.74) is 0.188. The monoisotopic (exact) mass is 332 g/mol. The van der Waals surface area contributed by atoms with Gasteiger partial charge in [-0.2, -0.15) is 0 Å². The zero-order valence-electron chi connectivity index (χ0n) is 12.2. The Balaban J connectivity index is 2.45. The van der Waals surface area contributed by atoms with Crippen LogP contribution in [0.4, 0.5) is 0 Å². The zero-order valence-corrected chi connectivity index (χ0v) is 13.9. The minimum Gasteiger partial charge on any atom is -0.487 e. The molecule has 0 N–H and O–H groups in total. The summed E-state index contributed by atoms with van der Waals surface area (Å²) in [6.07, 6.45) is 0.684. The number of hydrogen-bond donors (Lipinski definition) is 0. The summed E-state index contributed by atoms with van der Waals surface area (Å²) < 4.78 is 28.3. The lowest BCUT2D eigenvalue weighted by Gasteiger charge is -2.19.